The Kier molecular flexibility index (Phi) is 4.16. The zero-order valence-electron chi connectivity index (χ0n) is 16.2. The normalized spacial score (nSPS) is 11.3. The van der Waals surface area contributed by atoms with E-state index < -0.39 is 0 Å². The average Bonchev–Trinajstić information content (AvgIpc) is 3.49. The molecule has 4 heterocycles. The minimum Gasteiger partial charge on any atom is -0.497 e. The molecule has 150 valence electrons. The van der Waals surface area contributed by atoms with Crippen LogP contribution in [0.15, 0.2) is 47.1 Å². The van der Waals surface area contributed by atoms with E-state index in [1.807, 2.05) is 36.5 Å². The van der Waals surface area contributed by atoms with Crippen LogP contribution in [0, 0.1) is 6.92 Å². The first kappa shape index (κ1) is 17.9. The highest BCUT2D eigenvalue weighted by Crippen LogP contribution is 2.23. The molecule has 0 spiro atoms. The number of hydrogen-bond acceptors (Lipinski definition) is 7. The van der Waals surface area contributed by atoms with Crippen molar-refractivity contribution in [2.24, 2.45) is 0 Å². The number of ether oxygens (including phenoxy) is 1. The highest BCUT2D eigenvalue weighted by molar-refractivity contribution is 5.98. The fourth-order valence-electron chi connectivity index (χ4n) is 3.27. The summed E-state index contributed by atoms with van der Waals surface area (Å²) in [7, 11) is 1.60. The van der Waals surface area contributed by atoms with Crippen molar-refractivity contribution in [3.63, 3.8) is 0 Å². The van der Waals surface area contributed by atoms with Crippen LogP contribution in [-0.4, -0.2) is 42.7 Å². The number of pyridine rings is 1. The number of nitrogens with one attached hydrogen (secondary N) is 2. The number of fused-ring (bicyclic) bond motifs is 2. The topological polar surface area (TPSA) is 123 Å². The van der Waals surface area contributed by atoms with Gasteiger partial charge in [0.2, 0.25) is 0 Å². The maximum Gasteiger partial charge on any atom is 0.268 e. The van der Waals surface area contributed by atoms with Gasteiger partial charge in [-0.15, -0.1) is 10.2 Å². The molecule has 10 nitrogen and oxygen atoms in total. The Morgan fingerprint density at radius 1 is 1.27 bits per heavy atom. The second-order valence-corrected chi connectivity index (χ2v) is 6.70. The first-order chi connectivity index (χ1) is 14.6. The quantitative estimate of drug-likeness (QED) is 0.462. The number of methoxy groups -OCH3 is 1. The third-order valence-electron chi connectivity index (χ3n) is 4.74. The number of carbonyl (C=O) groups is 1. The van der Waals surface area contributed by atoms with Crippen LogP contribution < -0.4 is 10.1 Å². The van der Waals surface area contributed by atoms with Crippen LogP contribution in [-0.2, 0) is 6.54 Å². The van der Waals surface area contributed by atoms with E-state index in [0.29, 0.717) is 34.4 Å². The van der Waals surface area contributed by atoms with E-state index in [4.69, 9.17) is 9.26 Å². The summed E-state index contributed by atoms with van der Waals surface area (Å²) in [6.07, 6.45) is 1.82. The van der Waals surface area contributed by atoms with Crippen molar-refractivity contribution in [2.45, 2.75) is 13.5 Å². The van der Waals surface area contributed by atoms with Crippen molar-refractivity contribution in [1.29, 1.82) is 0 Å². The number of H-pyrrole nitrogens is 1. The lowest BCUT2D eigenvalue weighted by atomic mass is 10.2. The van der Waals surface area contributed by atoms with Gasteiger partial charge in [-0.2, -0.15) is 4.98 Å². The van der Waals surface area contributed by atoms with Gasteiger partial charge in [0, 0.05) is 23.2 Å². The molecule has 0 saturated heterocycles. The smallest absolute Gasteiger partial charge is 0.268 e. The Labute approximate surface area is 169 Å². The number of carbonyl (C=O) groups excluding carboxylic acids is 1. The third-order valence-corrected chi connectivity index (χ3v) is 4.74. The van der Waals surface area contributed by atoms with Crippen LogP contribution in [0.2, 0.25) is 0 Å². The van der Waals surface area contributed by atoms with Gasteiger partial charge in [-0.05, 0) is 37.3 Å². The molecule has 0 radical (unpaired) electrons. The van der Waals surface area contributed by atoms with Gasteiger partial charge in [-0.25, -0.2) is 0 Å². The molecule has 0 aliphatic rings. The molecule has 4 aromatic heterocycles. The monoisotopic (exact) mass is 403 g/mol. The van der Waals surface area contributed by atoms with Crippen molar-refractivity contribution < 1.29 is 14.1 Å². The number of amides is 1. The molecular weight excluding hydrogens is 386 g/mol. The van der Waals surface area contributed by atoms with Gasteiger partial charge in [0.15, 0.2) is 17.3 Å². The summed E-state index contributed by atoms with van der Waals surface area (Å²) in [5.74, 6) is 1.96. The highest BCUT2D eigenvalue weighted by Gasteiger charge is 2.16. The largest absolute Gasteiger partial charge is 0.497 e. The zero-order chi connectivity index (χ0) is 20.7. The molecule has 1 aromatic carbocycles. The highest BCUT2D eigenvalue weighted by atomic mass is 16.5. The van der Waals surface area contributed by atoms with Crippen LogP contribution in [0.1, 0.15) is 22.1 Å². The van der Waals surface area contributed by atoms with Gasteiger partial charge < -0.3 is 19.6 Å². The van der Waals surface area contributed by atoms with E-state index in [0.717, 1.165) is 16.7 Å². The SMILES string of the molecule is COc1ccc2cc(C(=O)NCc3nnc4c(-c5nc(C)no5)cccn34)[nH]c2c1. The van der Waals surface area contributed by atoms with Crippen molar-refractivity contribution in [2.75, 3.05) is 7.11 Å². The lowest BCUT2D eigenvalue weighted by Gasteiger charge is -2.03. The van der Waals surface area contributed by atoms with Gasteiger partial charge >= 0.3 is 0 Å². The van der Waals surface area contributed by atoms with Crippen molar-refractivity contribution in [3.05, 3.63) is 59.9 Å². The summed E-state index contributed by atoms with van der Waals surface area (Å²) in [4.78, 5) is 20.0. The number of hydrogen-bond donors (Lipinski definition) is 2. The number of nitrogens with zero attached hydrogens (tertiary/aromatic N) is 5. The molecule has 0 unspecified atom stereocenters. The average molecular weight is 403 g/mol. The molecule has 5 rings (SSSR count). The Balaban J connectivity index is 1.38. The summed E-state index contributed by atoms with van der Waals surface area (Å²) in [5.41, 5.74) is 2.52. The van der Waals surface area contributed by atoms with E-state index >= 15 is 0 Å². The van der Waals surface area contributed by atoms with Crippen LogP contribution >= 0.6 is 0 Å². The lowest BCUT2D eigenvalue weighted by molar-refractivity contribution is 0.0945. The minimum atomic E-state index is -0.245. The summed E-state index contributed by atoms with van der Waals surface area (Å²) >= 11 is 0. The van der Waals surface area contributed by atoms with E-state index in [2.05, 4.69) is 30.6 Å². The molecule has 0 saturated carbocycles. The maximum absolute atomic E-state index is 12.6. The van der Waals surface area contributed by atoms with Gasteiger partial charge in [0.05, 0.1) is 19.2 Å². The predicted octanol–water partition coefficient (Wildman–Crippen LogP) is 2.51. The minimum absolute atomic E-state index is 0.199. The standard InChI is InChI=1S/C20H17N7O3/c1-11-22-20(30-26-11)14-4-3-7-27-17(24-25-18(14)27)10-21-19(28)16-8-12-5-6-13(29-2)9-15(12)23-16/h3-9,23H,10H2,1-2H3,(H,21,28). The van der Waals surface area contributed by atoms with Crippen LogP contribution in [0.25, 0.3) is 28.0 Å². The molecular formula is C20H17N7O3. The van der Waals surface area contributed by atoms with E-state index in [-0.39, 0.29) is 12.5 Å². The van der Waals surface area contributed by atoms with Crippen LogP contribution in [0.3, 0.4) is 0 Å². The number of benzene rings is 1. The summed E-state index contributed by atoms with van der Waals surface area (Å²) in [6, 6.07) is 11.1. The molecule has 5 aromatic rings. The molecule has 2 N–H and O–H groups in total. The van der Waals surface area contributed by atoms with Gasteiger partial charge in [0.1, 0.15) is 11.4 Å². The summed E-state index contributed by atoms with van der Waals surface area (Å²) < 4.78 is 12.2. The number of aromatic nitrogens is 6. The van der Waals surface area contributed by atoms with Crippen molar-refractivity contribution >= 4 is 22.5 Å². The fourth-order valence-corrected chi connectivity index (χ4v) is 3.27. The van der Waals surface area contributed by atoms with E-state index in [9.17, 15) is 4.79 Å². The number of aromatic amines is 1. The molecule has 0 aliphatic heterocycles. The van der Waals surface area contributed by atoms with Gasteiger partial charge in [-0.3, -0.25) is 9.20 Å². The predicted molar refractivity (Wildman–Crippen MR) is 107 cm³/mol. The fraction of sp³-hybridized carbons (Fsp3) is 0.150. The second kappa shape index (κ2) is 6.99. The second-order valence-electron chi connectivity index (χ2n) is 6.70. The molecule has 0 atom stereocenters. The Bertz CT molecular complexity index is 1380. The third kappa shape index (κ3) is 3.04. The molecule has 1 amide bonds. The molecule has 10 heteroatoms. The number of aryl methyl sites for hydroxylation is 1. The zero-order valence-corrected chi connectivity index (χ0v) is 16.2. The molecule has 0 fully saturated rings. The molecule has 0 bridgehead atoms. The Morgan fingerprint density at radius 2 is 2.17 bits per heavy atom. The molecule has 0 aliphatic carbocycles. The summed E-state index contributed by atoms with van der Waals surface area (Å²) in [6.45, 7) is 1.95. The number of rotatable bonds is 5. The van der Waals surface area contributed by atoms with E-state index in [1.54, 1.807) is 24.5 Å². The van der Waals surface area contributed by atoms with E-state index in [1.165, 1.54) is 0 Å². The Hall–Kier alpha value is -4.21. The van der Waals surface area contributed by atoms with Crippen LogP contribution in [0.4, 0.5) is 0 Å². The van der Waals surface area contributed by atoms with Crippen molar-refractivity contribution in [3.8, 4) is 17.2 Å². The lowest BCUT2D eigenvalue weighted by Crippen LogP contribution is -2.24. The Morgan fingerprint density at radius 3 is 2.97 bits per heavy atom. The first-order valence-electron chi connectivity index (χ1n) is 9.20. The van der Waals surface area contributed by atoms with Crippen molar-refractivity contribution in [1.82, 2.24) is 35.0 Å². The van der Waals surface area contributed by atoms with Crippen LogP contribution in [0.5, 0.6) is 5.75 Å². The first-order valence-corrected chi connectivity index (χ1v) is 9.20. The van der Waals surface area contributed by atoms with Gasteiger partial charge in [-0.1, -0.05) is 5.16 Å². The van der Waals surface area contributed by atoms with Gasteiger partial charge in [0.25, 0.3) is 11.8 Å². The summed E-state index contributed by atoms with van der Waals surface area (Å²) in [5, 5.41) is 16.0. The maximum atomic E-state index is 12.6. The molecule has 30 heavy (non-hydrogen) atoms.